The number of benzene rings is 2. The maximum Gasteiger partial charge on any atom is 0.415 e. The van der Waals surface area contributed by atoms with Gasteiger partial charge in [0.1, 0.15) is 18.8 Å². The van der Waals surface area contributed by atoms with Gasteiger partial charge in [-0.3, -0.25) is 19.5 Å². The van der Waals surface area contributed by atoms with Crippen LogP contribution >= 0.6 is 0 Å². The summed E-state index contributed by atoms with van der Waals surface area (Å²) in [7, 11) is -2.90. The molecule has 3 aromatic rings. The van der Waals surface area contributed by atoms with Crippen molar-refractivity contribution in [2.24, 2.45) is 5.92 Å². The minimum Gasteiger partial charge on any atom is -0.444 e. The van der Waals surface area contributed by atoms with Gasteiger partial charge in [0.2, 0.25) is 5.91 Å². The average Bonchev–Trinajstić information content (AvgIpc) is 2.95. The number of rotatable bonds is 11. The molecule has 2 amide bonds. The number of amides is 2. The van der Waals surface area contributed by atoms with Crippen LogP contribution in [-0.4, -0.2) is 43.2 Å². The molecule has 2 N–H and O–H groups in total. The van der Waals surface area contributed by atoms with Gasteiger partial charge in [-0.1, -0.05) is 95.3 Å². The number of nitrogens with zero attached hydrogens (tertiary/aromatic N) is 1. The fraction of sp³-hybridized carbons (Fsp3) is 0.424. The van der Waals surface area contributed by atoms with Crippen LogP contribution in [0, 0.1) is 5.92 Å². The number of carbonyl (C=O) groups excluding carboxylic acids is 2. The van der Waals surface area contributed by atoms with Crippen LogP contribution in [0.25, 0.3) is 11.3 Å². The zero-order valence-corrected chi connectivity index (χ0v) is 27.7. The Bertz CT molecular complexity index is 1500. The third kappa shape index (κ3) is 9.54. The first-order valence-corrected chi connectivity index (χ1v) is 17.6. The van der Waals surface area contributed by atoms with Gasteiger partial charge < -0.3 is 14.5 Å². The molecule has 2 aromatic carbocycles. The predicted molar refractivity (Wildman–Crippen MR) is 171 cm³/mol. The van der Waals surface area contributed by atoms with E-state index in [0.717, 1.165) is 10.1 Å². The van der Waals surface area contributed by atoms with Gasteiger partial charge in [0.05, 0.1) is 11.7 Å². The fourth-order valence-corrected chi connectivity index (χ4v) is 5.63. The maximum absolute atomic E-state index is 14.5. The Balaban J connectivity index is 1.92. The molecule has 0 spiro atoms. The van der Waals surface area contributed by atoms with E-state index in [-0.39, 0.29) is 12.3 Å². The highest BCUT2D eigenvalue weighted by molar-refractivity contribution is 6.74. The zero-order valence-electron chi connectivity index (χ0n) is 26.7. The summed E-state index contributed by atoms with van der Waals surface area (Å²) < 4.78 is 55.6. The molecular weight excluding hydrogens is 603 g/mol. The smallest absolute Gasteiger partial charge is 0.415 e. The molecular formula is C33H42F3N3O5Si. The van der Waals surface area contributed by atoms with E-state index >= 15 is 0 Å². The normalized spacial score (nSPS) is 13.7. The second-order valence-corrected chi connectivity index (χ2v) is 17.5. The lowest BCUT2D eigenvalue weighted by atomic mass is 9.98. The molecule has 45 heavy (non-hydrogen) atoms. The van der Waals surface area contributed by atoms with E-state index in [2.05, 4.69) is 10.6 Å². The first-order valence-electron chi connectivity index (χ1n) is 14.7. The lowest BCUT2D eigenvalue weighted by Crippen LogP contribution is -2.59. The first-order chi connectivity index (χ1) is 20.9. The number of hydrogen-bond acceptors (Lipinski definition) is 5. The van der Waals surface area contributed by atoms with Crippen molar-refractivity contribution in [3.05, 3.63) is 88.7 Å². The summed E-state index contributed by atoms with van der Waals surface area (Å²) in [6, 6.07) is 19.2. The van der Waals surface area contributed by atoms with Gasteiger partial charge in [0.15, 0.2) is 14.4 Å². The molecule has 0 aliphatic carbocycles. The Kier molecular flexibility index (Phi) is 11.4. The van der Waals surface area contributed by atoms with E-state index in [1.807, 2.05) is 26.8 Å². The Morgan fingerprint density at radius 1 is 0.911 bits per heavy atom. The second-order valence-electron chi connectivity index (χ2n) is 12.8. The number of anilines is 1. The van der Waals surface area contributed by atoms with Crippen LogP contribution in [0.5, 0.6) is 0 Å². The molecule has 0 saturated carbocycles. The topological polar surface area (TPSA) is 98.7 Å². The lowest BCUT2D eigenvalue weighted by Gasteiger charge is -2.42. The number of pyridine rings is 1. The number of hydrogen-bond donors (Lipinski definition) is 2. The van der Waals surface area contributed by atoms with E-state index in [9.17, 15) is 27.6 Å². The highest BCUT2D eigenvalue weighted by Crippen LogP contribution is 2.41. The molecule has 12 heteroatoms. The summed E-state index contributed by atoms with van der Waals surface area (Å²) in [6.07, 6.45) is -7.89. The maximum atomic E-state index is 14.5. The van der Waals surface area contributed by atoms with Crippen molar-refractivity contribution in [3.8, 4) is 11.3 Å². The SMILES string of the molecule is CC(C)C(NC(=O)Cn1c(-c2ccccc2)ccc(NC(=O)OCc2ccccc2)c1=O)C(O[Si](C)(C)C(C)(C)C)C(F)(F)F. The summed E-state index contributed by atoms with van der Waals surface area (Å²) in [5, 5.41) is 4.43. The van der Waals surface area contributed by atoms with Crippen LogP contribution < -0.4 is 16.2 Å². The van der Waals surface area contributed by atoms with Crippen LogP contribution in [0.4, 0.5) is 23.7 Å². The second kappa shape index (κ2) is 14.5. The lowest BCUT2D eigenvalue weighted by molar-refractivity contribution is -0.210. The highest BCUT2D eigenvalue weighted by Gasteiger charge is 2.52. The molecule has 0 saturated heterocycles. The van der Waals surface area contributed by atoms with E-state index in [1.165, 1.54) is 6.07 Å². The van der Waals surface area contributed by atoms with Crippen molar-refractivity contribution in [1.82, 2.24) is 9.88 Å². The Morgan fingerprint density at radius 2 is 1.49 bits per heavy atom. The van der Waals surface area contributed by atoms with Gasteiger partial charge in [-0.05, 0) is 47.3 Å². The third-order valence-electron chi connectivity index (χ3n) is 7.92. The van der Waals surface area contributed by atoms with Crippen LogP contribution in [-0.2, 0) is 27.1 Å². The Hall–Kier alpha value is -3.90. The number of carbonyl (C=O) groups is 2. The number of nitrogens with one attached hydrogen (secondary N) is 2. The Labute approximate surface area is 263 Å². The van der Waals surface area contributed by atoms with Crippen LogP contribution in [0.1, 0.15) is 40.2 Å². The van der Waals surface area contributed by atoms with Crippen LogP contribution in [0.15, 0.2) is 77.6 Å². The van der Waals surface area contributed by atoms with Crippen LogP contribution in [0.2, 0.25) is 18.1 Å². The molecule has 0 aliphatic rings. The van der Waals surface area contributed by atoms with E-state index < -0.39 is 61.7 Å². The molecule has 0 aliphatic heterocycles. The molecule has 1 aromatic heterocycles. The van der Waals surface area contributed by atoms with Crippen LogP contribution in [0.3, 0.4) is 0 Å². The van der Waals surface area contributed by atoms with E-state index in [4.69, 9.17) is 9.16 Å². The zero-order chi connectivity index (χ0) is 33.6. The fourth-order valence-electron chi connectivity index (χ4n) is 4.37. The molecule has 244 valence electrons. The molecule has 0 radical (unpaired) electrons. The number of ether oxygens (including phenoxy) is 1. The van der Waals surface area contributed by atoms with Gasteiger partial charge in [-0.15, -0.1) is 0 Å². The summed E-state index contributed by atoms with van der Waals surface area (Å²) >= 11 is 0. The molecule has 0 bridgehead atoms. The molecule has 2 unspecified atom stereocenters. The molecule has 3 rings (SSSR count). The van der Waals surface area contributed by atoms with E-state index in [1.54, 1.807) is 87.6 Å². The van der Waals surface area contributed by atoms with E-state index in [0.29, 0.717) is 11.3 Å². The average molecular weight is 646 g/mol. The minimum atomic E-state index is -4.76. The van der Waals surface area contributed by atoms with Crippen molar-refractivity contribution in [3.63, 3.8) is 0 Å². The van der Waals surface area contributed by atoms with Crippen molar-refractivity contribution in [1.29, 1.82) is 0 Å². The quantitative estimate of drug-likeness (QED) is 0.213. The monoisotopic (exact) mass is 645 g/mol. The van der Waals surface area contributed by atoms with Crippen molar-refractivity contribution < 1.29 is 31.9 Å². The highest BCUT2D eigenvalue weighted by atomic mass is 28.4. The standard InChI is InChI=1S/C33H42F3N3O5Si/c1-22(2)28(29(33(34,35)36)44-45(6,7)32(3,4)5)38-27(40)20-39-26(24-16-12-9-13-17-24)19-18-25(30(39)41)37-31(42)43-21-23-14-10-8-11-15-23/h8-19,22,28-29H,20-21H2,1-7H3,(H,37,42)(H,38,40). The summed E-state index contributed by atoms with van der Waals surface area (Å²) in [5.41, 5.74) is 0.792. The molecule has 2 atom stereocenters. The number of alkyl halides is 3. The molecule has 1 heterocycles. The summed E-state index contributed by atoms with van der Waals surface area (Å²) in [5.74, 6) is -1.46. The van der Waals surface area contributed by atoms with Crippen molar-refractivity contribution in [2.45, 2.75) is 84.2 Å². The first kappa shape index (κ1) is 35.6. The van der Waals surface area contributed by atoms with Gasteiger partial charge in [-0.2, -0.15) is 13.2 Å². The predicted octanol–water partition coefficient (Wildman–Crippen LogP) is 7.36. The number of halogens is 3. The van der Waals surface area contributed by atoms with Gasteiger partial charge in [0.25, 0.3) is 5.56 Å². The Morgan fingerprint density at radius 3 is 2.02 bits per heavy atom. The van der Waals surface area contributed by atoms with Gasteiger partial charge in [-0.25, -0.2) is 4.79 Å². The molecule has 0 fully saturated rings. The number of aromatic nitrogens is 1. The summed E-state index contributed by atoms with van der Waals surface area (Å²) in [6.45, 7) is 11.5. The minimum absolute atomic E-state index is 0.0285. The summed E-state index contributed by atoms with van der Waals surface area (Å²) in [4.78, 5) is 39.6. The largest absolute Gasteiger partial charge is 0.444 e. The third-order valence-corrected chi connectivity index (χ3v) is 12.4. The molecule has 8 nitrogen and oxygen atoms in total. The van der Waals surface area contributed by atoms with Crippen molar-refractivity contribution in [2.75, 3.05) is 5.32 Å². The van der Waals surface area contributed by atoms with Crippen molar-refractivity contribution >= 4 is 26.0 Å². The van der Waals surface area contributed by atoms with Gasteiger partial charge >= 0.3 is 12.3 Å². The van der Waals surface area contributed by atoms with Gasteiger partial charge in [0, 0.05) is 0 Å².